The van der Waals surface area contributed by atoms with E-state index in [0.29, 0.717) is 13.0 Å². The van der Waals surface area contributed by atoms with Gasteiger partial charge in [0.05, 0.1) is 31.2 Å². The van der Waals surface area contributed by atoms with Gasteiger partial charge < -0.3 is 29.4 Å². The highest BCUT2D eigenvalue weighted by Gasteiger charge is 2.51. The van der Waals surface area contributed by atoms with Crippen LogP contribution in [-0.4, -0.2) is 68.6 Å². The van der Waals surface area contributed by atoms with Gasteiger partial charge in [-0.1, -0.05) is 20.8 Å². The Morgan fingerprint density at radius 3 is 2.54 bits per heavy atom. The number of ether oxygens (including phenoxy) is 3. The van der Waals surface area contributed by atoms with Crippen LogP contribution in [0.15, 0.2) is 11.1 Å². The number of hydrogen-bond donors (Lipinski definition) is 3. The molecule has 1 aliphatic rings. The summed E-state index contributed by atoms with van der Waals surface area (Å²) >= 11 is 5.35. The summed E-state index contributed by atoms with van der Waals surface area (Å²) in [5.41, 5.74) is 4.78. The van der Waals surface area contributed by atoms with E-state index >= 15 is 0 Å². The molecular weight excluding hydrogens is 497 g/mol. The molecular formula is C21H36N5O7PS. The lowest BCUT2D eigenvalue weighted by molar-refractivity contribution is -0.0774. The molecule has 0 saturated carbocycles. The Kier molecular flexibility index (Phi) is 8.45. The number of methoxy groups -OCH3 is 1. The van der Waals surface area contributed by atoms with Gasteiger partial charge in [-0.25, -0.2) is 4.98 Å². The minimum absolute atomic E-state index is 0.0532. The van der Waals surface area contributed by atoms with Gasteiger partial charge in [0.15, 0.2) is 17.4 Å². The number of aromatic nitrogens is 4. The van der Waals surface area contributed by atoms with E-state index in [2.05, 4.69) is 35.7 Å². The van der Waals surface area contributed by atoms with Crippen LogP contribution in [0.1, 0.15) is 54.2 Å². The Hall–Kier alpha value is -1.44. The molecule has 0 aliphatic carbocycles. The van der Waals surface area contributed by atoms with Crippen molar-refractivity contribution in [1.29, 1.82) is 0 Å². The summed E-state index contributed by atoms with van der Waals surface area (Å²) < 4.78 is 31.1. The van der Waals surface area contributed by atoms with Crippen molar-refractivity contribution in [3.8, 4) is 0 Å². The van der Waals surface area contributed by atoms with Gasteiger partial charge in [-0.2, -0.15) is 4.98 Å². The van der Waals surface area contributed by atoms with Crippen LogP contribution in [0.2, 0.25) is 0 Å². The Labute approximate surface area is 209 Å². The summed E-state index contributed by atoms with van der Waals surface area (Å²) in [6.07, 6.45) is -0.858. The summed E-state index contributed by atoms with van der Waals surface area (Å²) in [6.45, 7) is 8.41. The molecule has 0 amide bonds. The molecule has 14 heteroatoms. The summed E-state index contributed by atoms with van der Waals surface area (Å²) in [7, 11) is 1.56. The number of nitrogens with two attached hydrogens (primary N) is 1. The molecule has 35 heavy (non-hydrogen) atoms. The molecule has 4 N–H and O–H groups in total. The third-order valence-electron chi connectivity index (χ3n) is 5.07. The normalized spacial score (nSPS) is 25.3. The summed E-state index contributed by atoms with van der Waals surface area (Å²) in [5, 5.41) is 0. The van der Waals surface area contributed by atoms with E-state index in [4.69, 9.17) is 40.8 Å². The summed E-state index contributed by atoms with van der Waals surface area (Å²) in [6, 6.07) is 0. The zero-order chi connectivity index (χ0) is 26.2. The van der Waals surface area contributed by atoms with E-state index in [1.807, 2.05) is 0 Å². The fraction of sp³-hybridized carbons (Fsp3) is 0.762. The van der Waals surface area contributed by atoms with E-state index in [9.17, 15) is 9.69 Å². The molecule has 0 spiro atoms. The lowest BCUT2D eigenvalue weighted by atomic mass is 9.87. The summed E-state index contributed by atoms with van der Waals surface area (Å²) in [4.78, 5) is 34.1. The first-order valence-corrected chi connectivity index (χ1v) is 13.9. The van der Waals surface area contributed by atoms with Crippen molar-refractivity contribution in [2.24, 2.45) is 5.41 Å². The lowest BCUT2D eigenvalue weighted by Gasteiger charge is -2.32. The largest absolute Gasteiger partial charge is 0.382 e. The van der Waals surface area contributed by atoms with Crippen molar-refractivity contribution < 1.29 is 28.2 Å². The average molecular weight is 534 g/mol. The maximum absolute atomic E-state index is 12.3. The van der Waals surface area contributed by atoms with E-state index in [1.54, 1.807) is 32.4 Å². The third-order valence-corrected chi connectivity index (χ3v) is 6.84. The number of fused-ring (bicyclic) bond motifs is 1. The van der Waals surface area contributed by atoms with Crippen molar-refractivity contribution in [3.05, 3.63) is 16.7 Å². The second kappa shape index (κ2) is 10.5. The average Bonchev–Trinajstić information content (AvgIpc) is 3.21. The lowest BCUT2D eigenvalue weighted by Crippen LogP contribution is -2.38. The van der Waals surface area contributed by atoms with E-state index in [1.165, 1.54) is 6.33 Å². The number of nitrogens with one attached hydrogen (secondary N) is 1. The first-order valence-electron chi connectivity index (χ1n) is 11.3. The smallest absolute Gasteiger partial charge is 0.325 e. The van der Waals surface area contributed by atoms with Crippen LogP contribution in [-0.2, 0) is 35.1 Å². The first-order chi connectivity index (χ1) is 16.1. The number of nitrogens with zero attached hydrogens (tertiary/aromatic N) is 3. The van der Waals surface area contributed by atoms with Gasteiger partial charge in [-0.15, -0.1) is 0 Å². The van der Waals surface area contributed by atoms with E-state index in [-0.39, 0.29) is 29.1 Å². The fourth-order valence-corrected chi connectivity index (χ4v) is 6.19. The molecule has 198 valence electrons. The molecule has 12 nitrogen and oxygen atoms in total. The van der Waals surface area contributed by atoms with Gasteiger partial charge in [-0.3, -0.25) is 18.9 Å². The Balaban J connectivity index is 2.06. The molecule has 0 aromatic carbocycles. The van der Waals surface area contributed by atoms with Crippen LogP contribution in [0.5, 0.6) is 0 Å². The molecule has 1 saturated heterocycles. The molecule has 3 heterocycles. The second-order valence-corrected chi connectivity index (χ2v) is 13.4. The maximum atomic E-state index is 12.3. The number of anilines is 1. The molecule has 1 fully saturated rings. The van der Waals surface area contributed by atoms with Gasteiger partial charge in [0.2, 0.25) is 5.95 Å². The molecule has 0 radical (unpaired) electrons. The molecule has 2 aromatic heterocycles. The topological polar surface area (TPSA) is 156 Å². The minimum Gasteiger partial charge on any atom is -0.382 e. The predicted molar refractivity (Wildman–Crippen MR) is 134 cm³/mol. The number of imidazole rings is 1. The van der Waals surface area contributed by atoms with Crippen LogP contribution in [0.25, 0.3) is 11.2 Å². The fourth-order valence-electron chi connectivity index (χ4n) is 3.92. The van der Waals surface area contributed by atoms with Crippen molar-refractivity contribution in [3.63, 3.8) is 0 Å². The molecule has 3 rings (SSSR count). The van der Waals surface area contributed by atoms with Crippen molar-refractivity contribution in [1.82, 2.24) is 19.5 Å². The zero-order valence-corrected chi connectivity index (χ0v) is 22.9. The van der Waals surface area contributed by atoms with E-state index < -0.39 is 42.4 Å². The molecule has 1 aliphatic heterocycles. The second-order valence-electron chi connectivity index (χ2n) is 10.7. The van der Waals surface area contributed by atoms with Gasteiger partial charge in [0, 0.05) is 7.11 Å². The van der Waals surface area contributed by atoms with Crippen LogP contribution < -0.4 is 11.3 Å². The highest BCUT2D eigenvalue weighted by atomic mass is 32.5. The molecule has 5 atom stereocenters. The van der Waals surface area contributed by atoms with E-state index in [0.717, 1.165) is 0 Å². The Morgan fingerprint density at radius 1 is 1.26 bits per heavy atom. The van der Waals surface area contributed by atoms with Gasteiger partial charge in [0.25, 0.3) is 5.56 Å². The molecule has 1 unspecified atom stereocenters. The minimum atomic E-state index is -3.68. The Bertz CT molecular complexity index is 1130. The van der Waals surface area contributed by atoms with Crippen molar-refractivity contribution in [2.45, 2.75) is 78.1 Å². The number of H-pyrrole nitrogens is 1. The summed E-state index contributed by atoms with van der Waals surface area (Å²) in [5.74, 6) is -0.0532. The van der Waals surface area contributed by atoms with Crippen molar-refractivity contribution in [2.75, 3.05) is 26.1 Å². The van der Waals surface area contributed by atoms with Crippen LogP contribution >= 0.6 is 6.72 Å². The standard InChI is InChI=1S/C21H36N5O7PS/c1-20(2,3)10-12-14(32-34(28,35)33-21(4,5)6)15(30-9-8-29-7)18(31-12)26-11-23-13-16(26)24-19(22)25-17(13)27/h11-12,14-15,18H,8-10H2,1-7H3,(H,28,35)(H3,22,24,25,27)/t12-,14-,15-,18-,34?/m1/s1. The van der Waals surface area contributed by atoms with Gasteiger partial charge in [0.1, 0.15) is 12.2 Å². The number of rotatable bonds is 9. The number of hydrogen-bond acceptors (Lipinski definition) is 10. The highest BCUT2D eigenvalue weighted by Crippen LogP contribution is 2.53. The third kappa shape index (κ3) is 7.30. The molecule has 0 bridgehead atoms. The number of aromatic amines is 1. The zero-order valence-electron chi connectivity index (χ0n) is 21.2. The number of nitrogen functional groups attached to an aromatic ring is 1. The SMILES string of the molecule is COCCO[C@@H]1[C@H](OP(O)(=S)OC(C)(C)C)[C@@H](CC(C)(C)C)O[C@H]1n1cnc2c(=O)[nH]c(N)nc21. The highest BCUT2D eigenvalue weighted by molar-refractivity contribution is 8.07. The Morgan fingerprint density at radius 2 is 1.94 bits per heavy atom. The van der Waals surface area contributed by atoms with Crippen LogP contribution in [0.4, 0.5) is 5.95 Å². The predicted octanol–water partition coefficient (Wildman–Crippen LogP) is 2.48. The van der Waals surface area contributed by atoms with Crippen LogP contribution in [0.3, 0.4) is 0 Å². The first kappa shape index (κ1) is 28.1. The van der Waals surface area contributed by atoms with Crippen molar-refractivity contribution >= 4 is 35.6 Å². The quantitative estimate of drug-likeness (QED) is 0.321. The molecule has 2 aromatic rings. The monoisotopic (exact) mass is 533 g/mol. The van der Waals surface area contributed by atoms with Gasteiger partial charge >= 0.3 is 6.72 Å². The van der Waals surface area contributed by atoms with Crippen LogP contribution in [0, 0.1) is 5.41 Å². The maximum Gasteiger partial charge on any atom is 0.325 e. The van der Waals surface area contributed by atoms with Gasteiger partial charge in [-0.05, 0) is 44.4 Å².